The Labute approximate surface area is 216 Å². The van der Waals surface area contributed by atoms with E-state index in [1.54, 1.807) is 0 Å². The van der Waals surface area contributed by atoms with E-state index in [1.165, 1.54) is 28.6 Å². The van der Waals surface area contributed by atoms with Crippen molar-refractivity contribution in [1.82, 2.24) is 9.29 Å². The van der Waals surface area contributed by atoms with Crippen LogP contribution >= 0.6 is 0 Å². The number of fused-ring (bicyclic) bond motifs is 1. The molecule has 5 nitrogen and oxygen atoms in total. The van der Waals surface area contributed by atoms with Crippen LogP contribution in [0.5, 0.6) is 5.75 Å². The van der Waals surface area contributed by atoms with Crippen molar-refractivity contribution in [1.29, 1.82) is 0 Å². The van der Waals surface area contributed by atoms with Crippen LogP contribution in [-0.4, -0.2) is 24.3 Å². The largest absolute Gasteiger partial charge is 0.489 e. The molecule has 5 rings (SSSR count). The van der Waals surface area contributed by atoms with Crippen LogP contribution in [0.15, 0.2) is 114 Å². The maximum absolute atomic E-state index is 13.6. The molecule has 0 fully saturated rings. The lowest BCUT2D eigenvalue weighted by molar-refractivity contribution is 0.306. The summed E-state index contributed by atoms with van der Waals surface area (Å²) >= 11 is 0. The average molecular weight is 515 g/mol. The highest BCUT2D eigenvalue weighted by atomic mass is 32.2. The van der Waals surface area contributed by atoms with Crippen LogP contribution in [-0.2, 0) is 29.6 Å². The van der Waals surface area contributed by atoms with Gasteiger partial charge in [0.25, 0.3) is 0 Å². The molecule has 0 aliphatic rings. The van der Waals surface area contributed by atoms with Crippen molar-refractivity contribution in [3.8, 4) is 5.75 Å². The summed E-state index contributed by atoms with van der Waals surface area (Å²) in [5, 5.41) is 1.07. The van der Waals surface area contributed by atoms with Gasteiger partial charge in [0.15, 0.2) is 0 Å². The average Bonchev–Trinajstić information content (AvgIpc) is 3.34. The Morgan fingerprint density at radius 2 is 1.49 bits per heavy atom. The first-order valence-electron chi connectivity index (χ1n) is 12.1. The summed E-state index contributed by atoms with van der Waals surface area (Å²) in [5.41, 5.74) is 3.95. The van der Waals surface area contributed by atoms with Gasteiger partial charge in [-0.25, -0.2) is 12.8 Å². The third kappa shape index (κ3) is 5.90. The number of H-pyrrole nitrogens is 1. The molecule has 4 aromatic carbocycles. The highest BCUT2D eigenvalue weighted by molar-refractivity contribution is 7.89. The fourth-order valence-electron chi connectivity index (χ4n) is 4.26. The summed E-state index contributed by atoms with van der Waals surface area (Å²) in [7, 11) is -3.85. The Morgan fingerprint density at radius 1 is 0.784 bits per heavy atom. The second-order valence-corrected chi connectivity index (χ2v) is 10.8. The quantitative estimate of drug-likeness (QED) is 0.237. The predicted molar refractivity (Wildman–Crippen MR) is 143 cm³/mol. The van der Waals surface area contributed by atoms with E-state index in [4.69, 9.17) is 4.74 Å². The van der Waals surface area contributed by atoms with Gasteiger partial charge in [-0.15, -0.1) is 0 Å². The summed E-state index contributed by atoms with van der Waals surface area (Å²) in [4.78, 5) is 3.31. The second-order valence-electron chi connectivity index (χ2n) is 8.82. The van der Waals surface area contributed by atoms with Gasteiger partial charge in [-0.05, 0) is 65.6 Å². The molecule has 1 aromatic heterocycles. The molecule has 0 atom stereocenters. The van der Waals surface area contributed by atoms with Crippen LogP contribution < -0.4 is 4.74 Å². The van der Waals surface area contributed by atoms with Crippen LogP contribution in [0.2, 0.25) is 0 Å². The summed E-state index contributed by atoms with van der Waals surface area (Å²) in [5.74, 6) is 0.231. The summed E-state index contributed by atoms with van der Waals surface area (Å²) < 4.78 is 47.9. The number of benzene rings is 4. The molecule has 0 bridgehead atoms. The topological polar surface area (TPSA) is 62.4 Å². The molecule has 1 N–H and O–H groups in total. The molecule has 1 heterocycles. The Kier molecular flexibility index (Phi) is 7.35. The number of aromatic nitrogens is 1. The molecule has 0 unspecified atom stereocenters. The first kappa shape index (κ1) is 24.7. The van der Waals surface area contributed by atoms with Gasteiger partial charge in [0.2, 0.25) is 10.0 Å². The van der Waals surface area contributed by atoms with Gasteiger partial charge in [-0.2, -0.15) is 4.31 Å². The fourth-order valence-corrected chi connectivity index (χ4v) is 5.69. The first-order chi connectivity index (χ1) is 18.0. The van der Waals surface area contributed by atoms with Crippen LogP contribution in [0, 0.1) is 5.82 Å². The number of ether oxygens (including phenoxy) is 1. The summed E-state index contributed by atoms with van der Waals surface area (Å²) in [6, 6.07) is 30.2. The van der Waals surface area contributed by atoms with Gasteiger partial charge in [0.1, 0.15) is 18.2 Å². The SMILES string of the molecule is O=S(=O)(c1ccc(F)cc1)N(CCc1c[nH]c2ccccc12)Cc1ccc(OCc2ccccc2)cc1. The smallest absolute Gasteiger partial charge is 0.243 e. The summed E-state index contributed by atoms with van der Waals surface area (Å²) in [6.45, 7) is 0.907. The van der Waals surface area contributed by atoms with E-state index in [2.05, 4.69) is 4.98 Å². The van der Waals surface area contributed by atoms with E-state index < -0.39 is 15.8 Å². The first-order valence-corrected chi connectivity index (χ1v) is 13.5. The molecule has 0 spiro atoms. The van der Waals surface area contributed by atoms with Crippen LogP contribution in [0.4, 0.5) is 4.39 Å². The molecular weight excluding hydrogens is 487 g/mol. The molecule has 7 heteroatoms. The van der Waals surface area contributed by atoms with E-state index in [0.29, 0.717) is 18.8 Å². The number of para-hydroxylation sites is 1. The van der Waals surface area contributed by atoms with Gasteiger partial charge in [-0.3, -0.25) is 0 Å². The van der Waals surface area contributed by atoms with E-state index in [-0.39, 0.29) is 18.0 Å². The third-order valence-corrected chi connectivity index (χ3v) is 8.15. The Hall–Kier alpha value is -3.94. The molecular formula is C30H27FN2O3S. The number of sulfonamides is 1. The molecule has 0 aliphatic heterocycles. The molecule has 37 heavy (non-hydrogen) atoms. The van der Waals surface area contributed by atoms with Crippen LogP contribution in [0.3, 0.4) is 0 Å². The molecule has 5 aromatic rings. The lowest BCUT2D eigenvalue weighted by Crippen LogP contribution is -2.32. The van der Waals surface area contributed by atoms with E-state index in [1.807, 2.05) is 85.1 Å². The zero-order valence-electron chi connectivity index (χ0n) is 20.2. The molecule has 0 saturated carbocycles. The Bertz CT molecular complexity index is 1570. The lowest BCUT2D eigenvalue weighted by Gasteiger charge is -2.22. The Balaban J connectivity index is 1.35. The maximum atomic E-state index is 13.6. The van der Waals surface area contributed by atoms with Crippen molar-refractivity contribution in [2.24, 2.45) is 0 Å². The van der Waals surface area contributed by atoms with Crippen LogP contribution in [0.25, 0.3) is 10.9 Å². The standard InChI is InChI=1S/C30H27FN2O3S/c31-26-12-16-28(17-13-26)37(34,35)33(19-18-25-20-32-30-9-5-4-8-29(25)30)21-23-10-14-27(15-11-23)36-22-24-6-2-1-3-7-24/h1-17,20,32H,18-19,21-22H2. The van der Waals surface area contributed by atoms with Gasteiger partial charge in [0.05, 0.1) is 4.90 Å². The molecule has 188 valence electrons. The highest BCUT2D eigenvalue weighted by Crippen LogP contribution is 2.23. The second kappa shape index (κ2) is 11.0. The van der Waals surface area contributed by atoms with Gasteiger partial charge >= 0.3 is 0 Å². The number of halogens is 1. The zero-order valence-corrected chi connectivity index (χ0v) is 21.0. The van der Waals surface area contributed by atoms with Gasteiger partial charge < -0.3 is 9.72 Å². The predicted octanol–water partition coefficient (Wildman–Crippen LogP) is 6.32. The van der Waals surface area contributed by atoms with Crippen molar-refractivity contribution < 1.29 is 17.5 Å². The fraction of sp³-hybridized carbons (Fsp3) is 0.133. The molecule has 0 saturated heterocycles. The van der Waals surface area contributed by atoms with E-state index in [9.17, 15) is 12.8 Å². The summed E-state index contributed by atoms with van der Waals surface area (Å²) in [6.07, 6.45) is 2.45. The van der Waals surface area contributed by atoms with E-state index >= 15 is 0 Å². The van der Waals surface area contributed by atoms with Crippen molar-refractivity contribution in [3.05, 3.63) is 132 Å². The third-order valence-electron chi connectivity index (χ3n) is 6.29. The van der Waals surface area contributed by atoms with Crippen molar-refractivity contribution in [2.75, 3.05) is 6.54 Å². The molecule has 0 radical (unpaired) electrons. The van der Waals surface area contributed by atoms with Crippen molar-refractivity contribution in [3.63, 3.8) is 0 Å². The van der Waals surface area contributed by atoms with Crippen molar-refractivity contribution >= 4 is 20.9 Å². The molecule has 0 aliphatic carbocycles. The monoisotopic (exact) mass is 514 g/mol. The normalized spacial score (nSPS) is 11.7. The minimum Gasteiger partial charge on any atom is -0.489 e. The van der Waals surface area contributed by atoms with Gasteiger partial charge in [0, 0.05) is 30.2 Å². The van der Waals surface area contributed by atoms with Crippen molar-refractivity contribution in [2.45, 2.75) is 24.5 Å². The number of hydrogen-bond acceptors (Lipinski definition) is 3. The lowest BCUT2D eigenvalue weighted by atomic mass is 10.1. The number of rotatable bonds is 10. The number of aromatic amines is 1. The minimum absolute atomic E-state index is 0.0654. The van der Waals surface area contributed by atoms with E-state index in [0.717, 1.165) is 27.6 Å². The van der Waals surface area contributed by atoms with Crippen LogP contribution in [0.1, 0.15) is 16.7 Å². The number of hydrogen-bond donors (Lipinski definition) is 1. The number of nitrogens with zero attached hydrogens (tertiary/aromatic N) is 1. The highest BCUT2D eigenvalue weighted by Gasteiger charge is 2.25. The maximum Gasteiger partial charge on any atom is 0.243 e. The number of nitrogens with one attached hydrogen (secondary N) is 1. The zero-order chi connectivity index (χ0) is 25.7. The Morgan fingerprint density at radius 3 is 2.24 bits per heavy atom. The minimum atomic E-state index is -3.85. The van der Waals surface area contributed by atoms with Gasteiger partial charge in [-0.1, -0.05) is 60.7 Å². The molecule has 0 amide bonds.